The summed E-state index contributed by atoms with van der Waals surface area (Å²) < 4.78 is 10.7. The number of aryl methyl sites for hydroxylation is 2. The molecule has 0 atom stereocenters. The molecule has 4 rings (SSSR count). The number of methoxy groups -OCH3 is 2. The molecule has 0 radical (unpaired) electrons. The lowest BCUT2D eigenvalue weighted by Gasteiger charge is -2.36. The first-order valence-electron chi connectivity index (χ1n) is 12.1. The Morgan fingerprint density at radius 3 is 2.35 bits per heavy atom. The standard InChI is InChI=1S/C27H31N5O5/c1-18-5-8-21(16-25(18)32(34)35)27(33)31-13-11-30(12-14-31)26-23(24(17-36-3)28-19(2)29-26)15-20-6-9-22(37-4)10-7-20/h5-10,16H,11-15,17H2,1-4H3. The molecule has 2 heterocycles. The number of nitro groups is 1. The van der Waals surface area contributed by atoms with Crippen molar-refractivity contribution in [2.24, 2.45) is 0 Å². The van der Waals surface area contributed by atoms with Crippen LogP contribution >= 0.6 is 0 Å². The summed E-state index contributed by atoms with van der Waals surface area (Å²) in [6.07, 6.45) is 0.629. The molecule has 10 nitrogen and oxygen atoms in total. The highest BCUT2D eigenvalue weighted by molar-refractivity contribution is 5.95. The van der Waals surface area contributed by atoms with Crippen LogP contribution in [0.1, 0.15) is 38.6 Å². The predicted molar refractivity (Wildman–Crippen MR) is 139 cm³/mol. The van der Waals surface area contributed by atoms with Gasteiger partial charge in [-0.3, -0.25) is 14.9 Å². The number of carbonyl (C=O) groups excluding carboxylic acids is 1. The van der Waals surface area contributed by atoms with Gasteiger partial charge in [-0.15, -0.1) is 0 Å². The second kappa shape index (κ2) is 11.3. The second-order valence-corrected chi connectivity index (χ2v) is 9.02. The average Bonchev–Trinajstić information content (AvgIpc) is 2.90. The van der Waals surface area contributed by atoms with Gasteiger partial charge in [-0.1, -0.05) is 18.2 Å². The van der Waals surface area contributed by atoms with E-state index < -0.39 is 4.92 Å². The van der Waals surface area contributed by atoms with Gasteiger partial charge in [-0.25, -0.2) is 9.97 Å². The number of benzene rings is 2. The minimum absolute atomic E-state index is 0.0465. The molecule has 1 fully saturated rings. The first-order valence-corrected chi connectivity index (χ1v) is 12.1. The van der Waals surface area contributed by atoms with Gasteiger partial charge in [-0.05, 0) is 37.6 Å². The number of rotatable bonds is 8. The number of hydrogen-bond acceptors (Lipinski definition) is 8. The van der Waals surface area contributed by atoms with E-state index in [0.717, 1.165) is 28.4 Å². The highest BCUT2D eigenvalue weighted by atomic mass is 16.6. The Morgan fingerprint density at radius 1 is 1.03 bits per heavy atom. The lowest BCUT2D eigenvalue weighted by Crippen LogP contribution is -2.49. The lowest BCUT2D eigenvalue weighted by molar-refractivity contribution is -0.385. The van der Waals surface area contributed by atoms with Crippen LogP contribution in [0.15, 0.2) is 42.5 Å². The van der Waals surface area contributed by atoms with Crippen LogP contribution in [-0.4, -0.2) is 66.1 Å². The molecule has 1 aliphatic rings. The Balaban J connectivity index is 1.55. The van der Waals surface area contributed by atoms with Gasteiger partial charge in [0.05, 0.1) is 24.3 Å². The maximum absolute atomic E-state index is 13.1. The van der Waals surface area contributed by atoms with Crippen molar-refractivity contribution in [2.45, 2.75) is 26.9 Å². The van der Waals surface area contributed by atoms with Crippen molar-refractivity contribution in [2.75, 3.05) is 45.3 Å². The fourth-order valence-electron chi connectivity index (χ4n) is 4.53. The van der Waals surface area contributed by atoms with Crippen molar-refractivity contribution in [1.82, 2.24) is 14.9 Å². The van der Waals surface area contributed by atoms with E-state index in [1.54, 1.807) is 38.2 Å². The van der Waals surface area contributed by atoms with Crippen molar-refractivity contribution >= 4 is 17.4 Å². The second-order valence-electron chi connectivity index (χ2n) is 9.02. The molecule has 2 aromatic carbocycles. The maximum Gasteiger partial charge on any atom is 0.273 e. The largest absolute Gasteiger partial charge is 0.497 e. The first-order chi connectivity index (χ1) is 17.8. The molecular formula is C27H31N5O5. The van der Waals surface area contributed by atoms with Crippen molar-refractivity contribution in [1.29, 1.82) is 0 Å². The molecule has 37 heavy (non-hydrogen) atoms. The van der Waals surface area contributed by atoms with Gasteiger partial charge < -0.3 is 19.3 Å². The van der Waals surface area contributed by atoms with E-state index in [0.29, 0.717) is 56.2 Å². The maximum atomic E-state index is 13.1. The third-order valence-electron chi connectivity index (χ3n) is 6.52. The van der Waals surface area contributed by atoms with Crippen molar-refractivity contribution < 1.29 is 19.2 Å². The average molecular weight is 506 g/mol. The van der Waals surface area contributed by atoms with E-state index >= 15 is 0 Å². The fraction of sp³-hybridized carbons (Fsp3) is 0.370. The third kappa shape index (κ3) is 5.86. The molecule has 0 aliphatic carbocycles. The number of nitro benzene ring substituents is 1. The molecule has 0 N–H and O–H groups in total. The molecule has 0 bridgehead atoms. The van der Waals surface area contributed by atoms with E-state index in [9.17, 15) is 14.9 Å². The molecule has 0 unspecified atom stereocenters. The molecule has 10 heteroatoms. The van der Waals surface area contributed by atoms with Crippen LogP contribution in [0.2, 0.25) is 0 Å². The van der Waals surface area contributed by atoms with E-state index in [2.05, 4.69) is 9.88 Å². The minimum atomic E-state index is -0.455. The number of nitrogens with zero attached hydrogens (tertiary/aromatic N) is 5. The normalized spacial score (nSPS) is 13.5. The third-order valence-corrected chi connectivity index (χ3v) is 6.52. The van der Waals surface area contributed by atoms with Crippen molar-refractivity contribution in [3.05, 3.63) is 86.4 Å². The van der Waals surface area contributed by atoms with Crippen LogP contribution in [0, 0.1) is 24.0 Å². The Morgan fingerprint density at radius 2 is 1.73 bits per heavy atom. The molecule has 0 spiro atoms. The molecule has 1 aliphatic heterocycles. The van der Waals surface area contributed by atoms with Gasteiger partial charge >= 0.3 is 0 Å². The number of ether oxygens (including phenoxy) is 2. The summed E-state index contributed by atoms with van der Waals surface area (Å²) in [6.45, 7) is 6.01. The Hall–Kier alpha value is -4.05. The predicted octanol–water partition coefficient (Wildman–Crippen LogP) is 3.71. The highest BCUT2D eigenvalue weighted by Crippen LogP contribution is 2.27. The Kier molecular flexibility index (Phi) is 7.98. The SMILES string of the molecule is COCc1nc(C)nc(N2CCN(C(=O)c3ccc(C)c([N+](=O)[O-])c3)CC2)c1Cc1ccc(OC)cc1. The van der Waals surface area contributed by atoms with Gasteiger partial charge in [-0.2, -0.15) is 0 Å². The van der Waals surface area contributed by atoms with Crippen LogP contribution in [0.25, 0.3) is 0 Å². The number of piperazine rings is 1. The van der Waals surface area contributed by atoms with Gasteiger partial charge in [0, 0.05) is 62.5 Å². The van der Waals surface area contributed by atoms with E-state index in [4.69, 9.17) is 14.5 Å². The molecule has 0 saturated carbocycles. The summed E-state index contributed by atoms with van der Waals surface area (Å²) in [5, 5.41) is 11.3. The zero-order chi connectivity index (χ0) is 26.5. The summed E-state index contributed by atoms with van der Waals surface area (Å²) >= 11 is 0. The lowest BCUT2D eigenvalue weighted by atomic mass is 10.0. The van der Waals surface area contributed by atoms with Crippen LogP contribution in [0.5, 0.6) is 5.75 Å². The van der Waals surface area contributed by atoms with E-state index in [1.165, 1.54) is 6.07 Å². The molecule has 194 valence electrons. The quantitative estimate of drug-likeness (QED) is 0.337. The first kappa shape index (κ1) is 26.0. The number of aromatic nitrogens is 2. The van der Waals surface area contributed by atoms with Gasteiger partial charge in [0.2, 0.25) is 0 Å². The molecule has 1 aromatic heterocycles. The van der Waals surface area contributed by atoms with Gasteiger partial charge in [0.25, 0.3) is 11.6 Å². The van der Waals surface area contributed by atoms with Crippen LogP contribution < -0.4 is 9.64 Å². The van der Waals surface area contributed by atoms with Crippen molar-refractivity contribution in [3.8, 4) is 5.75 Å². The van der Waals surface area contributed by atoms with Gasteiger partial charge in [0.1, 0.15) is 17.4 Å². The summed E-state index contributed by atoms with van der Waals surface area (Å²) in [7, 11) is 3.29. The molecular weight excluding hydrogens is 474 g/mol. The smallest absolute Gasteiger partial charge is 0.273 e. The summed E-state index contributed by atoms with van der Waals surface area (Å²) in [5.74, 6) is 2.08. The fourth-order valence-corrected chi connectivity index (χ4v) is 4.53. The summed E-state index contributed by atoms with van der Waals surface area (Å²) in [6, 6.07) is 12.5. The number of amides is 1. The monoisotopic (exact) mass is 505 g/mol. The van der Waals surface area contributed by atoms with Crippen LogP contribution in [-0.2, 0) is 17.8 Å². The minimum Gasteiger partial charge on any atom is -0.497 e. The zero-order valence-corrected chi connectivity index (χ0v) is 21.6. The Bertz CT molecular complexity index is 1290. The molecule has 1 amide bonds. The number of hydrogen-bond donors (Lipinski definition) is 0. The van der Waals surface area contributed by atoms with Gasteiger partial charge in [0.15, 0.2) is 0 Å². The molecule has 1 saturated heterocycles. The molecule has 3 aromatic rings. The van der Waals surface area contributed by atoms with Crippen LogP contribution in [0.4, 0.5) is 11.5 Å². The van der Waals surface area contributed by atoms with E-state index in [1.807, 2.05) is 31.2 Å². The van der Waals surface area contributed by atoms with Crippen LogP contribution in [0.3, 0.4) is 0 Å². The Labute approximate surface area is 216 Å². The topological polar surface area (TPSA) is 111 Å². The van der Waals surface area contributed by atoms with E-state index in [-0.39, 0.29) is 11.6 Å². The number of anilines is 1. The summed E-state index contributed by atoms with van der Waals surface area (Å²) in [5.41, 5.74) is 3.74. The summed E-state index contributed by atoms with van der Waals surface area (Å²) in [4.78, 5) is 37.3. The zero-order valence-electron chi connectivity index (χ0n) is 21.6. The van der Waals surface area contributed by atoms with Crippen molar-refractivity contribution in [3.63, 3.8) is 0 Å². The highest BCUT2D eigenvalue weighted by Gasteiger charge is 2.27. The number of carbonyl (C=O) groups is 1.